The molecule has 4 N–H and O–H groups in total. The minimum Gasteiger partial charge on any atom is -0.482 e. The first-order valence-electron chi connectivity index (χ1n) is 9.17. The molecule has 0 aliphatic carbocycles. The molecule has 0 aliphatic rings. The molecule has 8 nitrogen and oxygen atoms in total. The summed E-state index contributed by atoms with van der Waals surface area (Å²) in [4.78, 5) is 35.8. The van der Waals surface area contributed by atoms with Crippen LogP contribution < -0.4 is 26.2 Å². The van der Waals surface area contributed by atoms with Crippen molar-refractivity contribution in [3.05, 3.63) is 57.0 Å². The monoisotopic (exact) mass is 516 g/mol. The molecular formula is C20H19Cl3N4O4S. The number of anilines is 1. The summed E-state index contributed by atoms with van der Waals surface area (Å²) in [6, 6.07) is 9.72. The molecule has 0 saturated heterocycles. The van der Waals surface area contributed by atoms with Crippen molar-refractivity contribution in [3.63, 3.8) is 0 Å². The molecule has 0 aliphatic heterocycles. The molecule has 0 aromatic heterocycles. The minimum atomic E-state index is -0.570. The highest BCUT2D eigenvalue weighted by Crippen LogP contribution is 2.27. The lowest BCUT2D eigenvalue weighted by Gasteiger charge is -2.12. The quantitative estimate of drug-likeness (QED) is 0.329. The Morgan fingerprint density at radius 3 is 2.38 bits per heavy atom. The molecule has 0 atom stereocenters. The smallest absolute Gasteiger partial charge is 0.264 e. The number of carbonyl (C=O) groups is 3. The van der Waals surface area contributed by atoms with Gasteiger partial charge in [-0.25, -0.2) is 0 Å². The van der Waals surface area contributed by atoms with Gasteiger partial charge in [0.15, 0.2) is 11.7 Å². The van der Waals surface area contributed by atoms with E-state index in [1.807, 2.05) is 0 Å². The summed E-state index contributed by atoms with van der Waals surface area (Å²) < 4.78 is 5.28. The maximum Gasteiger partial charge on any atom is 0.264 e. The predicted molar refractivity (Wildman–Crippen MR) is 128 cm³/mol. The van der Waals surface area contributed by atoms with Crippen LogP contribution in [0.1, 0.15) is 18.4 Å². The van der Waals surface area contributed by atoms with Crippen molar-refractivity contribution in [2.24, 2.45) is 0 Å². The van der Waals surface area contributed by atoms with E-state index in [1.165, 1.54) is 12.1 Å². The van der Waals surface area contributed by atoms with E-state index in [-0.39, 0.29) is 41.2 Å². The van der Waals surface area contributed by atoms with Crippen LogP contribution in [0.4, 0.5) is 5.69 Å². The summed E-state index contributed by atoms with van der Waals surface area (Å²) in [6.07, 6.45) is -0.165. The number of rotatable bonds is 7. The van der Waals surface area contributed by atoms with E-state index in [9.17, 15) is 14.4 Å². The van der Waals surface area contributed by atoms with Gasteiger partial charge in [-0.2, -0.15) is 0 Å². The first-order chi connectivity index (χ1) is 15.2. The maximum atomic E-state index is 12.0. The lowest BCUT2D eigenvalue weighted by Crippen LogP contribution is -2.49. The van der Waals surface area contributed by atoms with Gasteiger partial charge in [-0.1, -0.05) is 40.9 Å². The molecule has 0 radical (unpaired) electrons. The van der Waals surface area contributed by atoms with E-state index in [4.69, 9.17) is 51.8 Å². The highest BCUT2D eigenvalue weighted by molar-refractivity contribution is 7.80. The molecule has 0 fully saturated rings. The van der Waals surface area contributed by atoms with Crippen LogP contribution in [-0.4, -0.2) is 29.4 Å². The summed E-state index contributed by atoms with van der Waals surface area (Å²) in [5.74, 6) is -1.13. The van der Waals surface area contributed by atoms with Crippen molar-refractivity contribution in [2.75, 3.05) is 11.9 Å². The molecule has 0 saturated carbocycles. The minimum absolute atomic E-state index is 0.0612. The van der Waals surface area contributed by atoms with E-state index in [0.29, 0.717) is 15.7 Å². The Hall–Kier alpha value is -2.59. The van der Waals surface area contributed by atoms with Crippen molar-refractivity contribution in [1.82, 2.24) is 16.2 Å². The molecule has 0 heterocycles. The zero-order valence-corrected chi connectivity index (χ0v) is 19.8. The summed E-state index contributed by atoms with van der Waals surface area (Å²) in [5, 5.41) is 6.10. The Morgan fingerprint density at radius 1 is 0.938 bits per heavy atom. The van der Waals surface area contributed by atoms with Gasteiger partial charge < -0.3 is 10.1 Å². The van der Waals surface area contributed by atoms with Gasteiger partial charge in [0.1, 0.15) is 5.75 Å². The average Bonchev–Trinajstić information content (AvgIpc) is 2.73. The molecular weight excluding hydrogens is 499 g/mol. The number of carbonyl (C=O) groups excluding carboxylic acids is 3. The standard InChI is InChI=1S/C20H19Cl3N4O4S/c1-11-13(22)3-2-4-15(11)24-17(28)7-8-18(29)26-27-20(32)25-19(30)10-31-16-6-5-12(21)9-14(16)23/h2-6,9H,7-8,10H2,1H3,(H,24,28)(H,26,29)(H2,25,27,30,32). The Labute approximate surface area is 204 Å². The van der Waals surface area contributed by atoms with E-state index < -0.39 is 11.8 Å². The molecule has 2 aromatic carbocycles. The maximum absolute atomic E-state index is 12.0. The van der Waals surface area contributed by atoms with Gasteiger partial charge in [-0.15, -0.1) is 0 Å². The molecule has 32 heavy (non-hydrogen) atoms. The molecule has 0 bridgehead atoms. The first kappa shape index (κ1) is 25.7. The number of hydrazine groups is 1. The largest absolute Gasteiger partial charge is 0.482 e. The van der Waals surface area contributed by atoms with Gasteiger partial charge in [-0.05, 0) is 55.0 Å². The number of amides is 3. The zero-order chi connectivity index (χ0) is 23.7. The van der Waals surface area contributed by atoms with Crippen molar-refractivity contribution in [3.8, 4) is 5.75 Å². The molecule has 0 unspecified atom stereocenters. The van der Waals surface area contributed by atoms with Gasteiger partial charge in [0.25, 0.3) is 5.91 Å². The second kappa shape index (κ2) is 12.4. The Bertz CT molecular complexity index is 1040. The summed E-state index contributed by atoms with van der Waals surface area (Å²) in [6.45, 7) is 1.42. The number of ether oxygens (including phenoxy) is 1. The molecule has 12 heteroatoms. The number of hydrogen-bond acceptors (Lipinski definition) is 5. The normalized spacial score (nSPS) is 10.1. The van der Waals surface area contributed by atoms with E-state index in [2.05, 4.69) is 21.5 Å². The van der Waals surface area contributed by atoms with Gasteiger partial charge in [0.2, 0.25) is 11.8 Å². The van der Waals surface area contributed by atoms with E-state index in [0.717, 1.165) is 5.56 Å². The second-order valence-electron chi connectivity index (χ2n) is 6.37. The zero-order valence-electron chi connectivity index (χ0n) is 16.8. The third-order valence-corrected chi connectivity index (χ3v) is 5.09. The summed E-state index contributed by atoms with van der Waals surface area (Å²) >= 11 is 22.7. The number of nitrogens with one attached hydrogen (secondary N) is 4. The van der Waals surface area contributed by atoms with E-state index in [1.54, 1.807) is 31.2 Å². The van der Waals surface area contributed by atoms with Gasteiger partial charge in [0.05, 0.1) is 5.02 Å². The molecule has 170 valence electrons. The average molecular weight is 518 g/mol. The van der Waals surface area contributed by atoms with Crippen LogP contribution in [-0.2, 0) is 14.4 Å². The van der Waals surface area contributed by atoms with Crippen molar-refractivity contribution >= 4 is 75.5 Å². The highest BCUT2D eigenvalue weighted by atomic mass is 35.5. The van der Waals surface area contributed by atoms with Crippen molar-refractivity contribution < 1.29 is 19.1 Å². The van der Waals surface area contributed by atoms with Gasteiger partial charge in [0, 0.05) is 28.6 Å². The van der Waals surface area contributed by atoms with Crippen LogP contribution in [0.5, 0.6) is 5.75 Å². The van der Waals surface area contributed by atoms with Gasteiger partial charge in [-0.3, -0.25) is 30.6 Å². The molecule has 2 aromatic rings. The van der Waals surface area contributed by atoms with Crippen LogP contribution in [0, 0.1) is 6.92 Å². The van der Waals surface area contributed by atoms with Crippen LogP contribution in [0.2, 0.25) is 15.1 Å². The van der Waals surface area contributed by atoms with Crippen LogP contribution in [0.25, 0.3) is 0 Å². The topological polar surface area (TPSA) is 109 Å². The fourth-order valence-corrected chi connectivity index (χ4v) is 3.10. The van der Waals surface area contributed by atoms with Crippen molar-refractivity contribution in [2.45, 2.75) is 19.8 Å². The van der Waals surface area contributed by atoms with Gasteiger partial charge >= 0.3 is 0 Å². The third kappa shape index (κ3) is 8.51. The second-order valence-corrected chi connectivity index (χ2v) is 8.03. The SMILES string of the molecule is Cc1c(Cl)cccc1NC(=O)CCC(=O)NNC(=S)NC(=O)COc1ccc(Cl)cc1Cl. The lowest BCUT2D eigenvalue weighted by atomic mass is 10.2. The number of thiocarbonyl (C=S) groups is 1. The van der Waals surface area contributed by atoms with Crippen molar-refractivity contribution in [1.29, 1.82) is 0 Å². The molecule has 0 spiro atoms. The predicted octanol–water partition coefficient (Wildman–Crippen LogP) is 3.77. The summed E-state index contributed by atoms with van der Waals surface area (Å²) in [5.41, 5.74) is 5.98. The van der Waals surface area contributed by atoms with Crippen LogP contribution >= 0.6 is 47.0 Å². The Kier molecular flexibility index (Phi) is 9.98. The number of halogens is 3. The first-order valence-corrected chi connectivity index (χ1v) is 10.7. The van der Waals surface area contributed by atoms with E-state index >= 15 is 0 Å². The fraction of sp³-hybridized carbons (Fsp3) is 0.200. The summed E-state index contributed by atoms with van der Waals surface area (Å²) in [7, 11) is 0. The lowest BCUT2D eigenvalue weighted by molar-refractivity contribution is -0.125. The molecule has 2 rings (SSSR count). The van der Waals surface area contributed by atoms with Crippen LogP contribution in [0.15, 0.2) is 36.4 Å². The molecule has 3 amide bonds. The Balaban J connectivity index is 1.66. The highest BCUT2D eigenvalue weighted by Gasteiger charge is 2.11. The number of benzene rings is 2. The third-order valence-electron chi connectivity index (χ3n) is 3.94. The Morgan fingerprint density at radius 2 is 1.66 bits per heavy atom. The number of hydrogen-bond donors (Lipinski definition) is 4. The fourth-order valence-electron chi connectivity index (χ4n) is 2.30. The van der Waals surface area contributed by atoms with Crippen LogP contribution in [0.3, 0.4) is 0 Å².